The van der Waals surface area contributed by atoms with E-state index < -0.39 is 11.4 Å². The number of hydrogen-bond acceptors (Lipinski definition) is 7. The van der Waals surface area contributed by atoms with E-state index in [0.29, 0.717) is 54.5 Å². The summed E-state index contributed by atoms with van der Waals surface area (Å²) in [7, 11) is 0. The highest BCUT2D eigenvalue weighted by molar-refractivity contribution is 8.93. The molecule has 2 fully saturated rings. The van der Waals surface area contributed by atoms with Gasteiger partial charge in [-0.2, -0.15) is 0 Å². The van der Waals surface area contributed by atoms with Crippen LogP contribution in [0.15, 0.2) is 24.3 Å². The molecule has 10 heteroatoms. The fourth-order valence-corrected chi connectivity index (χ4v) is 5.14. The molecule has 0 bridgehead atoms. The number of phenols is 1. The zero-order valence-electron chi connectivity index (χ0n) is 22.0. The molecule has 0 spiro atoms. The first-order chi connectivity index (χ1) is 17.5. The number of fused-ring (bicyclic) bond motifs is 1. The molecule has 2 aromatic rings. The average molecular weight is 588 g/mol. The summed E-state index contributed by atoms with van der Waals surface area (Å²) in [6.07, 6.45) is 2.66. The third-order valence-electron chi connectivity index (χ3n) is 7.38. The number of rotatable bonds is 8. The van der Waals surface area contributed by atoms with Gasteiger partial charge in [-0.25, -0.2) is 9.78 Å². The maximum Gasteiger partial charge on any atom is 0.329 e. The average Bonchev–Trinajstić information content (AvgIpc) is 3.51. The van der Waals surface area contributed by atoms with Gasteiger partial charge < -0.3 is 24.7 Å². The number of carbonyl (C=O) groups excluding carboxylic acids is 1. The van der Waals surface area contributed by atoms with Crippen LogP contribution in [0.25, 0.3) is 0 Å². The van der Waals surface area contributed by atoms with Gasteiger partial charge >= 0.3 is 5.97 Å². The predicted octanol–water partition coefficient (Wildman–Crippen LogP) is 4.24. The Labute approximate surface area is 233 Å². The number of hydrogen-bond donors (Lipinski definition) is 3. The van der Waals surface area contributed by atoms with Crippen LogP contribution in [-0.4, -0.2) is 70.0 Å². The lowest BCUT2D eigenvalue weighted by Gasteiger charge is -2.27. The molecule has 0 amide bonds. The molecule has 1 saturated carbocycles. The van der Waals surface area contributed by atoms with Crippen LogP contribution in [0.1, 0.15) is 78.8 Å². The quantitative estimate of drug-likeness (QED) is 0.392. The minimum Gasteiger partial charge on any atom is -0.505 e. The van der Waals surface area contributed by atoms with Crippen LogP contribution in [0.3, 0.4) is 0 Å². The number of carbonyl (C=O) groups is 2. The van der Waals surface area contributed by atoms with Crippen LogP contribution in [-0.2, 0) is 21.5 Å². The number of amidine groups is 1. The summed E-state index contributed by atoms with van der Waals surface area (Å²) in [5, 5.41) is 28.7. The molecule has 204 valence electrons. The molecule has 1 saturated heterocycles. The molecular formula is C28H35BrN4O5. The topological polar surface area (TPSA) is 127 Å². The van der Waals surface area contributed by atoms with Gasteiger partial charge in [-0.05, 0) is 42.9 Å². The Morgan fingerprint density at radius 2 is 1.92 bits per heavy atom. The summed E-state index contributed by atoms with van der Waals surface area (Å²) in [5.74, 6) is -0.248. The fraction of sp³-hybridized carbons (Fsp3) is 0.500. The molecule has 1 aliphatic carbocycles. The lowest BCUT2D eigenvalue weighted by molar-refractivity contribution is -0.143. The van der Waals surface area contributed by atoms with Crippen molar-refractivity contribution in [2.75, 3.05) is 31.1 Å². The Morgan fingerprint density at radius 3 is 2.58 bits per heavy atom. The number of nitrogens with zero attached hydrogens (tertiary/aromatic N) is 3. The number of anilines is 1. The molecule has 1 aromatic heterocycles. The number of aromatic hydroxyl groups is 1. The number of ketones is 1. The number of carboxylic acids is 1. The van der Waals surface area contributed by atoms with Crippen LogP contribution in [0, 0.1) is 5.41 Å². The number of Topliss-reactive ketones (excluding diaryl/α,β-unsaturated/α-hetero) is 1. The minimum absolute atomic E-state index is 0. The van der Waals surface area contributed by atoms with Gasteiger partial charge in [-0.1, -0.05) is 26.8 Å². The van der Waals surface area contributed by atoms with Gasteiger partial charge in [-0.15, -0.1) is 17.0 Å². The highest BCUT2D eigenvalue weighted by Gasteiger charge is 2.33. The first kappa shape index (κ1) is 28.0. The zero-order chi connectivity index (χ0) is 26.5. The third-order valence-corrected chi connectivity index (χ3v) is 7.38. The van der Waals surface area contributed by atoms with E-state index in [-0.39, 0.29) is 53.6 Å². The second-order valence-electron chi connectivity index (χ2n) is 11.3. The van der Waals surface area contributed by atoms with Crippen LogP contribution < -0.4 is 4.90 Å². The first-order valence-electron chi connectivity index (χ1n) is 12.8. The lowest BCUT2D eigenvalue weighted by atomic mass is 9.84. The molecule has 3 aliphatic rings. The fourth-order valence-electron chi connectivity index (χ4n) is 5.14. The van der Waals surface area contributed by atoms with E-state index in [1.807, 2.05) is 37.8 Å². The highest BCUT2D eigenvalue weighted by atomic mass is 79.9. The Kier molecular flexibility index (Phi) is 7.86. The largest absolute Gasteiger partial charge is 0.505 e. The van der Waals surface area contributed by atoms with Crippen molar-refractivity contribution < 1.29 is 24.5 Å². The van der Waals surface area contributed by atoms with E-state index in [0.717, 1.165) is 24.1 Å². The van der Waals surface area contributed by atoms with E-state index in [2.05, 4.69) is 0 Å². The number of nitrogens with one attached hydrogen (secondary N) is 1. The normalized spacial score (nSPS) is 18.9. The second-order valence-corrected chi connectivity index (χ2v) is 11.3. The van der Waals surface area contributed by atoms with Crippen LogP contribution >= 0.6 is 17.0 Å². The molecule has 38 heavy (non-hydrogen) atoms. The maximum atomic E-state index is 13.5. The Bertz CT molecular complexity index is 1270. The molecule has 2 aliphatic heterocycles. The Hall–Kier alpha value is -2.98. The number of halogens is 1. The summed E-state index contributed by atoms with van der Waals surface area (Å²) in [5.41, 5.74) is 3.95. The number of carboxylic acid groups (broad SMARTS) is 1. The number of aliphatic carboxylic acids is 1. The standard InChI is InChI=1S/C28H34N4O5.BrH/c1-28(2,3)20-10-18(11-22(26(20)36)31-9-8-19(13-31)37-15-24(34)35)23(33)14-32-12-17-6-7-21(16-4-5-16)30-25(17)27(32)29;/h6-7,10-11,16,19,29,36H,4-5,8-9,12-15H2,1-3H3,(H,34,35);1H. The number of ether oxygens (including phenoxy) is 1. The van der Waals surface area contributed by atoms with E-state index >= 15 is 0 Å². The van der Waals surface area contributed by atoms with Gasteiger partial charge in [0.15, 0.2) is 5.78 Å². The molecular weight excluding hydrogens is 552 g/mol. The molecule has 0 radical (unpaired) electrons. The lowest BCUT2D eigenvalue weighted by Crippen LogP contribution is -2.31. The van der Waals surface area contributed by atoms with E-state index in [9.17, 15) is 14.7 Å². The Morgan fingerprint density at radius 1 is 1.18 bits per heavy atom. The van der Waals surface area contributed by atoms with Crippen molar-refractivity contribution in [3.8, 4) is 5.75 Å². The monoisotopic (exact) mass is 586 g/mol. The predicted molar refractivity (Wildman–Crippen MR) is 149 cm³/mol. The Balaban J connectivity index is 0.00000336. The molecule has 1 aromatic carbocycles. The number of phenolic OH excluding ortho intramolecular Hbond substituents is 1. The van der Waals surface area contributed by atoms with Crippen molar-refractivity contribution >= 4 is 40.3 Å². The SMILES string of the molecule is Br.CC(C)(C)c1cc(C(=O)CN2Cc3ccc(C4CC4)nc3C2=N)cc(N2CCC(OCC(=O)O)C2)c1O. The summed E-state index contributed by atoms with van der Waals surface area (Å²) < 4.78 is 5.46. The van der Waals surface area contributed by atoms with Crippen LogP contribution in [0.4, 0.5) is 5.69 Å². The highest BCUT2D eigenvalue weighted by Crippen LogP contribution is 2.41. The van der Waals surface area contributed by atoms with Crippen molar-refractivity contribution in [3.05, 3.63) is 52.3 Å². The molecule has 3 heterocycles. The number of aromatic nitrogens is 1. The molecule has 1 atom stereocenters. The van der Waals surface area contributed by atoms with Gasteiger partial charge in [0.05, 0.1) is 18.3 Å². The zero-order valence-corrected chi connectivity index (χ0v) is 23.7. The van der Waals surface area contributed by atoms with Gasteiger partial charge in [0.2, 0.25) is 0 Å². The summed E-state index contributed by atoms with van der Waals surface area (Å²) in [6.45, 7) is 7.13. The van der Waals surface area contributed by atoms with Crippen molar-refractivity contribution in [1.29, 1.82) is 5.41 Å². The van der Waals surface area contributed by atoms with Crippen LogP contribution in [0.5, 0.6) is 5.75 Å². The summed E-state index contributed by atoms with van der Waals surface area (Å²) in [6, 6.07) is 7.54. The van der Waals surface area contributed by atoms with Gasteiger partial charge in [-0.3, -0.25) is 10.2 Å². The first-order valence-corrected chi connectivity index (χ1v) is 12.8. The van der Waals surface area contributed by atoms with Gasteiger partial charge in [0.25, 0.3) is 0 Å². The van der Waals surface area contributed by atoms with E-state index in [1.165, 1.54) is 0 Å². The van der Waals surface area contributed by atoms with Crippen molar-refractivity contribution in [1.82, 2.24) is 9.88 Å². The van der Waals surface area contributed by atoms with E-state index in [4.69, 9.17) is 20.2 Å². The molecule has 1 unspecified atom stereocenters. The molecule has 3 N–H and O–H groups in total. The molecule has 5 rings (SSSR count). The smallest absolute Gasteiger partial charge is 0.329 e. The van der Waals surface area contributed by atoms with Gasteiger partial charge in [0, 0.05) is 47.9 Å². The van der Waals surface area contributed by atoms with Gasteiger partial charge in [0.1, 0.15) is 23.9 Å². The maximum absolute atomic E-state index is 13.5. The van der Waals surface area contributed by atoms with E-state index in [1.54, 1.807) is 17.0 Å². The minimum atomic E-state index is -1.02. The third kappa shape index (κ3) is 5.71. The van der Waals surface area contributed by atoms with Crippen LogP contribution in [0.2, 0.25) is 0 Å². The second kappa shape index (κ2) is 10.6. The number of pyridine rings is 1. The van der Waals surface area contributed by atoms with Crippen molar-refractivity contribution in [2.24, 2.45) is 0 Å². The van der Waals surface area contributed by atoms with Crippen molar-refractivity contribution in [3.63, 3.8) is 0 Å². The number of benzene rings is 1. The summed E-state index contributed by atoms with van der Waals surface area (Å²) >= 11 is 0. The molecule has 9 nitrogen and oxygen atoms in total. The summed E-state index contributed by atoms with van der Waals surface area (Å²) in [4.78, 5) is 32.8. The van der Waals surface area contributed by atoms with Crippen molar-refractivity contribution in [2.45, 2.75) is 64.0 Å².